The predicted molar refractivity (Wildman–Crippen MR) is 119 cm³/mol. The minimum absolute atomic E-state index is 0.0739. The minimum atomic E-state index is 0.0739. The first-order chi connectivity index (χ1) is 13.2. The fourth-order valence-corrected chi connectivity index (χ4v) is 3.68. The van der Waals surface area contributed by atoms with Crippen molar-refractivity contribution in [3.05, 3.63) is 59.3 Å². The molecule has 1 atom stereocenters. The molecule has 1 unspecified atom stereocenters. The van der Waals surface area contributed by atoms with E-state index in [0.29, 0.717) is 5.88 Å². The van der Waals surface area contributed by atoms with Gasteiger partial charge in [-0.05, 0) is 42.1 Å². The highest BCUT2D eigenvalue weighted by Crippen LogP contribution is 2.24. The first-order valence-electron chi connectivity index (χ1n) is 9.89. The molecule has 5 heteroatoms. The average molecular weight is 398 g/mol. The molecule has 0 saturated heterocycles. The second-order valence-corrected chi connectivity index (χ2v) is 9.14. The van der Waals surface area contributed by atoms with Gasteiger partial charge in [0.1, 0.15) is 11.1 Å². The van der Waals surface area contributed by atoms with Crippen molar-refractivity contribution in [3.8, 4) is 5.88 Å². The second kappa shape index (κ2) is 8.58. The lowest BCUT2D eigenvalue weighted by atomic mass is 9.87. The van der Waals surface area contributed by atoms with Gasteiger partial charge in [-0.2, -0.15) is 0 Å². The maximum atomic E-state index is 6.18. The minimum Gasteiger partial charge on any atom is -0.472 e. The van der Waals surface area contributed by atoms with Crippen LogP contribution in [-0.4, -0.2) is 53.1 Å². The molecule has 28 heavy (non-hydrogen) atoms. The van der Waals surface area contributed by atoms with Gasteiger partial charge in [0.15, 0.2) is 0 Å². The van der Waals surface area contributed by atoms with Crippen molar-refractivity contribution in [1.82, 2.24) is 14.8 Å². The molecule has 0 aliphatic carbocycles. The Morgan fingerprint density at radius 2 is 1.93 bits per heavy atom. The molecule has 3 rings (SSSR count). The summed E-state index contributed by atoms with van der Waals surface area (Å²) in [6.45, 7) is 9.40. The van der Waals surface area contributed by atoms with Gasteiger partial charge in [-0.15, -0.1) is 0 Å². The number of rotatable bonds is 5. The first-order valence-corrected chi connectivity index (χ1v) is 10.3. The van der Waals surface area contributed by atoms with E-state index in [1.54, 1.807) is 6.20 Å². The maximum absolute atomic E-state index is 6.18. The van der Waals surface area contributed by atoms with Gasteiger partial charge in [-0.1, -0.05) is 57.3 Å². The molecule has 1 aromatic carbocycles. The highest BCUT2D eigenvalue weighted by atomic mass is 32.1. The Morgan fingerprint density at radius 1 is 1.21 bits per heavy atom. The fourth-order valence-electron chi connectivity index (χ4n) is 3.45. The van der Waals surface area contributed by atoms with Crippen LogP contribution in [-0.2, 0) is 12.0 Å². The lowest BCUT2D eigenvalue weighted by Gasteiger charge is -2.24. The SMILES string of the molecule is CN(CCC1CN(C)C(=S)c2cccnc2O1)Cc1ccc(C(C)(C)C)cc1. The van der Waals surface area contributed by atoms with Gasteiger partial charge in [0.05, 0.1) is 12.1 Å². The van der Waals surface area contributed by atoms with Crippen LogP contribution in [0.25, 0.3) is 0 Å². The molecule has 0 amide bonds. The van der Waals surface area contributed by atoms with Crippen LogP contribution in [0.1, 0.15) is 43.9 Å². The Bertz CT molecular complexity index is 813. The van der Waals surface area contributed by atoms with Crippen LogP contribution in [0.15, 0.2) is 42.6 Å². The van der Waals surface area contributed by atoms with Crippen molar-refractivity contribution in [2.24, 2.45) is 0 Å². The van der Waals surface area contributed by atoms with Gasteiger partial charge in [0.25, 0.3) is 0 Å². The Labute approximate surface area is 174 Å². The van der Waals surface area contributed by atoms with E-state index in [9.17, 15) is 0 Å². The van der Waals surface area contributed by atoms with Crippen LogP contribution < -0.4 is 4.74 Å². The van der Waals surface area contributed by atoms with Gasteiger partial charge in [0, 0.05) is 26.3 Å². The maximum Gasteiger partial charge on any atom is 0.224 e. The molecular formula is C23H31N3OS. The number of benzene rings is 1. The standard InChI is InChI=1S/C23H31N3OS/c1-23(2,3)18-10-8-17(9-11-18)15-25(4)14-12-19-16-26(5)22(28)20-7-6-13-24-21(20)27-19/h6-11,13,19H,12,14-16H2,1-5H3. The van der Waals surface area contributed by atoms with Crippen LogP contribution >= 0.6 is 12.2 Å². The first kappa shape index (κ1) is 20.7. The van der Waals surface area contributed by atoms with Crippen molar-refractivity contribution in [3.63, 3.8) is 0 Å². The summed E-state index contributed by atoms with van der Waals surface area (Å²) < 4.78 is 6.18. The molecule has 0 spiro atoms. The highest BCUT2D eigenvalue weighted by Gasteiger charge is 2.25. The van der Waals surface area contributed by atoms with Crippen LogP contribution in [0, 0.1) is 0 Å². The van der Waals surface area contributed by atoms with E-state index in [-0.39, 0.29) is 11.5 Å². The lowest BCUT2D eigenvalue weighted by Crippen LogP contribution is -2.35. The van der Waals surface area contributed by atoms with Gasteiger partial charge in [-0.3, -0.25) is 0 Å². The summed E-state index contributed by atoms with van der Waals surface area (Å²) in [7, 11) is 4.19. The molecule has 0 bridgehead atoms. The number of thiocarbonyl (C=S) groups is 1. The van der Waals surface area contributed by atoms with Crippen LogP contribution in [0.5, 0.6) is 5.88 Å². The lowest BCUT2D eigenvalue weighted by molar-refractivity contribution is 0.148. The fraction of sp³-hybridized carbons (Fsp3) is 0.478. The molecule has 0 saturated carbocycles. The Kier molecular flexibility index (Phi) is 6.36. The second-order valence-electron chi connectivity index (χ2n) is 8.76. The van der Waals surface area contributed by atoms with E-state index < -0.39 is 0 Å². The third-order valence-corrected chi connectivity index (χ3v) is 5.74. The molecule has 2 heterocycles. The number of fused-ring (bicyclic) bond motifs is 1. The quantitative estimate of drug-likeness (QED) is 0.703. The summed E-state index contributed by atoms with van der Waals surface area (Å²) in [5, 5.41) is 0. The zero-order chi connectivity index (χ0) is 20.3. The van der Waals surface area contributed by atoms with E-state index in [1.165, 1.54) is 11.1 Å². The zero-order valence-corrected chi connectivity index (χ0v) is 18.4. The molecule has 1 aromatic heterocycles. The third-order valence-electron chi connectivity index (χ3n) is 5.21. The number of hydrogen-bond acceptors (Lipinski definition) is 4. The molecule has 150 valence electrons. The smallest absolute Gasteiger partial charge is 0.224 e. The average Bonchev–Trinajstić information content (AvgIpc) is 2.77. The summed E-state index contributed by atoms with van der Waals surface area (Å²) in [5.74, 6) is 0.655. The number of hydrogen-bond donors (Lipinski definition) is 0. The van der Waals surface area contributed by atoms with E-state index in [4.69, 9.17) is 17.0 Å². The number of aromatic nitrogens is 1. The van der Waals surface area contributed by atoms with Crippen LogP contribution in [0.4, 0.5) is 0 Å². The summed E-state index contributed by atoms with van der Waals surface area (Å²) in [4.78, 5) is 9.63. The van der Waals surface area contributed by atoms with E-state index >= 15 is 0 Å². The number of pyridine rings is 1. The highest BCUT2D eigenvalue weighted by molar-refractivity contribution is 7.80. The Hall–Kier alpha value is -1.98. The van der Waals surface area contributed by atoms with E-state index in [2.05, 4.69) is 66.9 Å². The van der Waals surface area contributed by atoms with Crippen molar-refractivity contribution < 1.29 is 4.74 Å². The van der Waals surface area contributed by atoms with Crippen molar-refractivity contribution in [2.45, 2.75) is 45.3 Å². The summed E-state index contributed by atoms with van der Waals surface area (Å²) in [6.07, 6.45) is 2.77. The number of ether oxygens (including phenoxy) is 1. The van der Waals surface area contributed by atoms with Gasteiger partial charge in [0.2, 0.25) is 5.88 Å². The molecular weight excluding hydrogens is 366 g/mol. The normalized spacial score (nSPS) is 17.3. The van der Waals surface area contributed by atoms with Crippen molar-refractivity contribution in [1.29, 1.82) is 0 Å². The molecule has 0 fully saturated rings. The Morgan fingerprint density at radius 3 is 2.61 bits per heavy atom. The molecule has 1 aliphatic rings. The summed E-state index contributed by atoms with van der Waals surface area (Å²) in [5.41, 5.74) is 3.81. The van der Waals surface area contributed by atoms with Gasteiger partial charge in [-0.25, -0.2) is 4.98 Å². The van der Waals surface area contributed by atoms with E-state index in [0.717, 1.165) is 36.6 Å². The van der Waals surface area contributed by atoms with Crippen molar-refractivity contribution >= 4 is 17.2 Å². The predicted octanol–water partition coefficient (Wildman–Crippen LogP) is 4.27. The number of likely N-dealkylation sites (N-methyl/N-ethyl adjacent to an activating group) is 1. The van der Waals surface area contributed by atoms with Gasteiger partial charge >= 0.3 is 0 Å². The van der Waals surface area contributed by atoms with Gasteiger partial charge < -0.3 is 14.5 Å². The third kappa shape index (κ3) is 5.09. The topological polar surface area (TPSA) is 28.6 Å². The largest absolute Gasteiger partial charge is 0.472 e. The Balaban J connectivity index is 1.57. The molecule has 1 aliphatic heterocycles. The molecule has 2 aromatic rings. The van der Waals surface area contributed by atoms with Crippen LogP contribution in [0.3, 0.4) is 0 Å². The molecule has 4 nitrogen and oxygen atoms in total. The monoisotopic (exact) mass is 397 g/mol. The number of nitrogens with zero attached hydrogens (tertiary/aromatic N) is 3. The summed E-state index contributed by atoms with van der Waals surface area (Å²) in [6, 6.07) is 12.9. The van der Waals surface area contributed by atoms with Crippen LogP contribution in [0.2, 0.25) is 0 Å². The molecule has 0 N–H and O–H groups in total. The zero-order valence-electron chi connectivity index (χ0n) is 17.6. The molecule has 0 radical (unpaired) electrons. The van der Waals surface area contributed by atoms with Crippen molar-refractivity contribution in [2.75, 3.05) is 27.2 Å². The summed E-state index contributed by atoms with van der Waals surface area (Å²) >= 11 is 5.58. The van der Waals surface area contributed by atoms with E-state index in [1.807, 2.05) is 19.2 Å².